The molecule has 1 N–H and O–H groups in total. The van der Waals surface area contributed by atoms with Crippen LogP contribution < -0.4 is 5.32 Å². The second-order valence-corrected chi connectivity index (χ2v) is 9.50. The van der Waals surface area contributed by atoms with Crippen molar-refractivity contribution in [2.24, 2.45) is 0 Å². The Morgan fingerprint density at radius 1 is 0.966 bits per heavy atom. The maximum atomic E-state index is 12.3. The Bertz CT molecular complexity index is 1290. The first-order chi connectivity index (χ1) is 14.2. The van der Waals surface area contributed by atoms with Crippen molar-refractivity contribution in [3.8, 4) is 11.3 Å². The van der Waals surface area contributed by atoms with Crippen LogP contribution in [0, 0.1) is 0 Å². The zero-order chi connectivity index (χ0) is 19.6. The molecule has 0 aliphatic carbocycles. The number of hydrogen-bond donors (Lipinski definition) is 1. The lowest BCUT2D eigenvalue weighted by molar-refractivity contribution is -0.113. The largest absolute Gasteiger partial charge is 0.301 e. The number of carbonyl (C=O) groups is 1. The van der Waals surface area contributed by atoms with Crippen molar-refractivity contribution in [3.63, 3.8) is 0 Å². The quantitative estimate of drug-likeness (QED) is 0.330. The number of nitrogens with zero attached hydrogens (tertiary/aromatic N) is 2. The highest BCUT2D eigenvalue weighted by atomic mass is 32.2. The number of thioether (sulfide) groups is 1. The first-order valence-corrected chi connectivity index (χ1v) is 11.7. The van der Waals surface area contributed by atoms with Crippen LogP contribution in [0.25, 0.3) is 32.2 Å². The first-order valence-electron chi connectivity index (χ1n) is 8.97. The number of benzene rings is 3. The average molecular weight is 434 g/mol. The smallest absolute Gasteiger partial charge is 0.236 e. The molecule has 3 aromatic carbocycles. The Labute approximate surface area is 179 Å². The molecular weight excluding hydrogens is 418 g/mol. The summed E-state index contributed by atoms with van der Waals surface area (Å²) in [5, 5.41) is 7.86. The van der Waals surface area contributed by atoms with Gasteiger partial charge in [-0.25, -0.2) is 9.97 Å². The van der Waals surface area contributed by atoms with E-state index < -0.39 is 0 Å². The zero-order valence-electron chi connectivity index (χ0n) is 15.2. The Kier molecular flexibility index (Phi) is 5.01. The van der Waals surface area contributed by atoms with Gasteiger partial charge in [-0.2, -0.15) is 0 Å². The van der Waals surface area contributed by atoms with E-state index in [-0.39, 0.29) is 5.91 Å². The van der Waals surface area contributed by atoms with Gasteiger partial charge in [-0.15, -0.1) is 22.7 Å². The second-order valence-electron chi connectivity index (χ2n) is 6.38. The summed E-state index contributed by atoms with van der Waals surface area (Å²) in [4.78, 5) is 21.5. The van der Waals surface area contributed by atoms with Crippen LogP contribution in [0.15, 0.2) is 76.4 Å². The number of fused-ring (bicyclic) bond motifs is 2. The van der Waals surface area contributed by atoms with E-state index in [0.29, 0.717) is 10.9 Å². The molecule has 142 valence electrons. The van der Waals surface area contributed by atoms with Crippen LogP contribution in [0.2, 0.25) is 0 Å². The molecule has 4 nitrogen and oxygen atoms in total. The summed E-state index contributed by atoms with van der Waals surface area (Å²) >= 11 is 4.50. The molecule has 5 rings (SSSR count). The molecule has 1 amide bonds. The van der Waals surface area contributed by atoms with Gasteiger partial charge in [0.25, 0.3) is 0 Å². The van der Waals surface area contributed by atoms with E-state index in [4.69, 9.17) is 0 Å². The lowest BCUT2D eigenvalue weighted by atomic mass is 10.1. The molecule has 0 saturated heterocycles. The van der Waals surface area contributed by atoms with E-state index in [1.54, 1.807) is 11.3 Å². The van der Waals surface area contributed by atoms with Crippen molar-refractivity contribution in [1.82, 2.24) is 9.97 Å². The van der Waals surface area contributed by atoms with Crippen molar-refractivity contribution in [1.29, 1.82) is 0 Å². The molecule has 29 heavy (non-hydrogen) atoms. The number of para-hydroxylation sites is 1. The maximum absolute atomic E-state index is 12.3. The minimum atomic E-state index is -0.0753. The Hall–Kier alpha value is -2.74. The molecular formula is C22H15N3OS3. The van der Waals surface area contributed by atoms with E-state index in [1.165, 1.54) is 33.9 Å². The Balaban J connectivity index is 1.24. The van der Waals surface area contributed by atoms with E-state index in [0.717, 1.165) is 25.8 Å². The fourth-order valence-corrected chi connectivity index (χ4v) is 5.61. The topological polar surface area (TPSA) is 54.9 Å². The number of carbonyl (C=O) groups excluding carboxylic acids is 1. The van der Waals surface area contributed by atoms with Crippen LogP contribution in [0.3, 0.4) is 0 Å². The fourth-order valence-electron chi connectivity index (χ4n) is 3.01. The van der Waals surface area contributed by atoms with Crippen molar-refractivity contribution < 1.29 is 4.79 Å². The summed E-state index contributed by atoms with van der Waals surface area (Å²) in [7, 11) is 0. The van der Waals surface area contributed by atoms with Crippen LogP contribution in [-0.2, 0) is 4.79 Å². The molecule has 0 radical (unpaired) electrons. The summed E-state index contributed by atoms with van der Waals surface area (Å²) < 4.78 is 2.03. The third-order valence-electron chi connectivity index (χ3n) is 4.40. The van der Waals surface area contributed by atoms with Crippen molar-refractivity contribution in [2.45, 2.75) is 4.34 Å². The average Bonchev–Trinajstić information content (AvgIpc) is 3.38. The molecule has 5 aromatic rings. The molecule has 0 unspecified atom stereocenters. The molecule has 0 spiro atoms. The number of thiazole rings is 2. The molecule has 0 atom stereocenters. The van der Waals surface area contributed by atoms with Crippen LogP contribution in [-0.4, -0.2) is 21.6 Å². The maximum Gasteiger partial charge on any atom is 0.236 e. The molecule has 0 aliphatic heterocycles. The van der Waals surface area contributed by atoms with E-state index in [1.807, 2.05) is 41.8 Å². The highest BCUT2D eigenvalue weighted by Gasteiger charge is 2.11. The molecule has 0 bridgehead atoms. The van der Waals surface area contributed by atoms with Gasteiger partial charge < -0.3 is 5.32 Å². The number of rotatable bonds is 5. The Morgan fingerprint density at radius 2 is 1.79 bits per heavy atom. The normalized spacial score (nSPS) is 11.2. The third-order valence-corrected chi connectivity index (χ3v) is 7.33. The zero-order valence-corrected chi connectivity index (χ0v) is 17.6. The minimum absolute atomic E-state index is 0.0753. The number of hydrogen-bond acceptors (Lipinski definition) is 6. The van der Waals surface area contributed by atoms with Crippen LogP contribution in [0.4, 0.5) is 5.13 Å². The number of nitrogens with one attached hydrogen (secondary N) is 1. The molecule has 2 heterocycles. The van der Waals surface area contributed by atoms with Crippen LogP contribution in [0.1, 0.15) is 0 Å². The molecule has 0 fully saturated rings. The van der Waals surface area contributed by atoms with Crippen molar-refractivity contribution in [3.05, 3.63) is 72.1 Å². The van der Waals surface area contributed by atoms with Gasteiger partial charge in [0, 0.05) is 10.9 Å². The number of amides is 1. The SMILES string of the molecule is O=C(CSc1nc2ccccc2s1)Nc1nc(-c2ccc3ccccc3c2)cs1. The van der Waals surface area contributed by atoms with Gasteiger partial charge in [0.1, 0.15) is 0 Å². The number of anilines is 1. The summed E-state index contributed by atoms with van der Waals surface area (Å²) in [5.41, 5.74) is 2.89. The highest BCUT2D eigenvalue weighted by Crippen LogP contribution is 2.30. The van der Waals surface area contributed by atoms with Gasteiger partial charge in [0.2, 0.25) is 5.91 Å². The lowest BCUT2D eigenvalue weighted by Gasteiger charge is -2.01. The third kappa shape index (κ3) is 4.03. The van der Waals surface area contributed by atoms with Gasteiger partial charge in [0.05, 0.1) is 21.7 Å². The molecule has 7 heteroatoms. The van der Waals surface area contributed by atoms with Gasteiger partial charge in [-0.3, -0.25) is 4.79 Å². The van der Waals surface area contributed by atoms with Crippen molar-refractivity contribution >= 4 is 66.5 Å². The summed E-state index contributed by atoms with van der Waals surface area (Å²) in [5.74, 6) is 0.235. The first kappa shape index (κ1) is 18.3. The van der Waals surface area contributed by atoms with Gasteiger partial charge in [0.15, 0.2) is 9.47 Å². The summed E-state index contributed by atoms with van der Waals surface area (Å²) in [6.45, 7) is 0. The predicted molar refractivity (Wildman–Crippen MR) is 124 cm³/mol. The summed E-state index contributed by atoms with van der Waals surface area (Å²) in [6, 6.07) is 22.5. The lowest BCUT2D eigenvalue weighted by Crippen LogP contribution is -2.13. The Morgan fingerprint density at radius 3 is 2.69 bits per heavy atom. The molecule has 2 aromatic heterocycles. The summed E-state index contributed by atoms with van der Waals surface area (Å²) in [6.07, 6.45) is 0. The van der Waals surface area contributed by atoms with E-state index in [9.17, 15) is 4.79 Å². The van der Waals surface area contributed by atoms with Gasteiger partial charge in [-0.05, 0) is 29.0 Å². The predicted octanol–water partition coefficient (Wildman–Crippen LogP) is 6.30. The van der Waals surface area contributed by atoms with Crippen molar-refractivity contribution in [2.75, 3.05) is 11.1 Å². The van der Waals surface area contributed by atoms with E-state index in [2.05, 4.69) is 45.6 Å². The minimum Gasteiger partial charge on any atom is -0.301 e. The van der Waals surface area contributed by atoms with Gasteiger partial charge in [-0.1, -0.05) is 60.3 Å². The standard InChI is InChI=1S/C22H15N3OS3/c26-20(13-28-22-24-17-7-3-4-8-19(17)29-22)25-21-23-18(12-27-21)16-10-9-14-5-1-2-6-15(14)11-16/h1-12H,13H2,(H,23,25,26). The monoisotopic (exact) mass is 433 g/mol. The van der Waals surface area contributed by atoms with Gasteiger partial charge >= 0.3 is 0 Å². The van der Waals surface area contributed by atoms with Crippen LogP contribution >= 0.6 is 34.4 Å². The molecule has 0 aliphatic rings. The molecule has 0 saturated carbocycles. The highest BCUT2D eigenvalue weighted by molar-refractivity contribution is 8.01. The second kappa shape index (κ2) is 7.94. The fraction of sp³-hybridized carbons (Fsp3) is 0.0455. The van der Waals surface area contributed by atoms with Crippen LogP contribution in [0.5, 0.6) is 0 Å². The number of aromatic nitrogens is 2. The van der Waals surface area contributed by atoms with E-state index >= 15 is 0 Å².